The van der Waals surface area contributed by atoms with Gasteiger partial charge in [-0.15, -0.1) is 34.9 Å². The van der Waals surface area contributed by atoms with E-state index in [-0.39, 0.29) is 47.9 Å². The Kier molecular flexibility index (Phi) is 11.7. The molecule has 4 heteroatoms. The number of aliphatic hydroxyl groups excluding tert-OH is 1. The predicted octanol–water partition coefficient (Wildman–Crippen LogP) is 12.1. The molecule has 0 spiro atoms. The van der Waals surface area contributed by atoms with Crippen molar-refractivity contribution < 1.29 is 30.0 Å². The van der Waals surface area contributed by atoms with Gasteiger partial charge in [0, 0.05) is 43.2 Å². The van der Waals surface area contributed by atoms with Gasteiger partial charge < -0.3 is 10.1 Å². The Morgan fingerprint density at radius 2 is 1.38 bits per heavy atom. The first-order valence-corrected chi connectivity index (χ1v) is 16.6. The minimum atomic E-state index is -0.377. The Bertz CT molecular complexity index is 1940. The molecule has 0 atom stereocenters. The molecule has 5 rings (SSSR count). The van der Waals surface area contributed by atoms with Crippen LogP contribution in [0.2, 0.25) is 0 Å². The summed E-state index contributed by atoms with van der Waals surface area (Å²) < 4.78 is 0. The summed E-state index contributed by atoms with van der Waals surface area (Å²) in [6.45, 7) is 24.8. The molecule has 3 nitrogen and oxygen atoms in total. The molecule has 0 unspecified atom stereocenters. The number of nitrogens with zero attached hydrogens (tertiary/aromatic N) is 1. The Labute approximate surface area is 296 Å². The summed E-state index contributed by atoms with van der Waals surface area (Å²) in [7, 11) is 0. The van der Waals surface area contributed by atoms with Crippen LogP contribution in [-0.2, 0) is 30.3 Å². The third-order valence-corrected chi connectivity index (χ3v) is 9.73. The zero-order valence-corrected chi connectivity index (χ0v) is 32.8. The Morgan fingerprint density at radius 1 is 0.787 bits per heavy atom. The van der Waals surface area contributed by atoms with Gasteiger partial charge in [0.2, 0.25) is 0 Å². The number of aliphatic hydroxyl groups is 1. The number of carbonyl (C=O) groups excluding carboxylic acids is 1. The van der Waals surface area contributed by atoms with E-state index in [1.807, 2.05) is 47.7 Å². The molecule has 47 heavy (non-hydrogen) atoms. The number of fused-ring (bicyclic) bond motifs is 5. The molecule has 0 amide bonds. The van der Waals surface area contributed by atoms with Gasteiger partial charge in [-0.3, -0.25) is 4.79 Å². The topological polar surface area (TPSA) is 50.2 Å². The van der Waals surface area contributed by atoms with Gasteiger partial charge >= 0.3 is 0 Å². The average molecular weight is 807 g/mol. The predicted molar refractivity (Wildman–Crippen MR) is 198 cm³/mol. The number of aryl methyl sites for hydroxylation is 3. The zero-order valence-electron chi connectivity index (χ0n) is 30.4. The van der Waals surface area contributed by atoms with Gasteiger partial charge in [0.05, 0.1) is 0 Å². The van der Waals surface area contributed by atoms with Crippen molar-refractivity contribution in [3.8, 4) is 11.3 Å². The van der Waals surface area contributed by atoms with Crippen molar-refractivity contribution in [2.75, 3.05) is 0 Å². The summed E-state index contributed by atoms with van der Waals surface area (Å²) in [5.74, 6) is 0.195. The maximum absolute atomic E-state index is 11.8. The van der Waals surface area contributed by atoms with Crippen LogP contribution in [-0.4, -0.2) is 15.9 Å². The van der Waals surface area contributed by atoms with Crippen molar-refractivity contribution in [3.05, 3.63) is 101 Å². The van der Waals surface area contributed by atoms with Crippen LogP contribution in [0.25, 0.3) is 43.6 Å². The fourth-order valence-electron chi connectivity index (χ4n) is 5.59. The number of aromatic nitrogens is 1. The molecule has 1 radical (unpaired) electrons. The number of ketones is 1. The van der Waals surface area contributed by atoms with E-state index < -0.39 is 0 Å². The molecule has 0 aliphatic heterocycles. The van der Waals surface area contributed by atoms with Gasteiger partial charge in [0.15, 0.2) is 5.78 Å². The molecule has 251 valence electrons. The number of carbonyl (C=O) groups is 1. The van der Waals surface area contributed by atoms with Crippen molar-refractivity contribution in [1.82, 2.24) is 4.98 Å². The summed E-state index contributed by atoms with van der Waals surface area (Å²) in [6, 6.07) is 23.9. The van der Waals surface area contributed by atoms with E-state index in [0.717, 1.165) is 29.7 Å². The number of allylic oxidation sites excluding steroid dienone is 2. The molecule has 1 N–H and O–H groups in total. The van der Waals surface area contributed by atoms with E-state index in [9.17, 15) is 9.90 Å². The van der Waals surface area contributed by atoms with Gasteiger partial charge in [-0.1, -0.05) is 119 Å². The molecular formula is C43H52IrNO2-. The fourth-order valence-corrected chi connectivity index (χ4v) is 5.59. The summed E-state index contributed by atoms with van der Waals surface area (Å²) >= 11 is 0. The number of pyridine rings is 1. The van der Waals surface area contributed by atoms with Gasteiger partial charge in [-0.25, -0.2) is 0 Å². The first-order valence-electron chi connectivity index (χ1n) is 16.6. The van der Waals surface area contributed by atoms with Crippen molar-refractivity contribution in [1.29, 1.82) is 0 Å². The Morgan fingerprint density at radius 3 is 1.98 bits per heavy atom. The molecule has 0 aliphatic carbocycles. The van der Waals surface area contributed by atoms with Gasteiger partial charge in [0.1, 0.15) is 5.76 Å². The van der Waals surface area contributed by atoms with E-state index in [0.29, 0.717) is 0 Å². The van der Waals surface area contributed by atoms with Crippen LogP contribution in [0.4, 0.5) is 0 Å². The smallest absolute Gasteiger partial charge is 0.164 e. The molecule has 0 fully saturated rings. The van der Waals surface area contributed by atoms with E-state index >= 15 is 0 Å². The van der Waals surface area contributed by atoms with Crippen LogP contribution in [0, 0.1) is 37.7 Å². The van der Waals surface area contributed by atoms with E-state index in [1.165, 1.54) is 55.1 Å². The molecule has 0 saturated heterocycles. The number of hydrogen-bond donors (Lipinski definition) is 1. The normalized spacial score (nSPS) is 12.6. The van der Waals surface area contributed by atoms with Crippen LogP contribution >= 0.6 is 0 Å². The second kappa shape index (κ2) is 14.4. The van der Waals surface area contributed by atoms with Gasteiger partial charge in [-0.2, -0.15) is 0 Å². The largest absolute Gasteiger partial charge is 0.512 e. The molecular weight excluding hydrogens is 755 g/mol. The maximum atomic E-state index is 11.8. The quantitative estimate of drug-likeness (QED) is 0.0805. The number of hydrogen-bond acceptors (Lipinski definition) is 3. The van der Waals surface area contributed by atoms with Crippen molar-refractivity contribution in [2.45, 2.75) is 101 Å². The van der Waals surface area contributed by atoms with Crippen LogP contribution in [0.3, 0.4) is 0 Å². The summed E-state index contributed by atoms with van der Waals surface area (Å²) in [4.78, 5) is 16.7. The van der Waals surface area contributed by atoms with Crippen LogP contribution in [0.15, 0.2) is 72.6 Å². The SMILES string of the molecule is CCC(C)(C)C(=O)/C=C(\O)C(C)(C)CC.Cc1[c-]c(-c2ncc(C)c3ccc4c5ccc(C(C)(C)C)cc5ccc4c23)cc(C)c1.[Ir]. The summed E-state index contributed by atoms with van der Waals surface area (Å²) in [6.07, 6.45) is 4.98. The van der Waals surface area contributed by atoms with Crippen LogP contribution in [0.1, 0.15) is 97.4 Å². The third-order valence-electron chi connectivity index (χ3n) is 9.73. The van der Waals surface area contributed by atoms with E-state index in [4.69, 9.17) is 4.98 Å². The van der Waals surface area contributed by atoms with Gasteiger partial charge in [-0.05, 0) is 74.3 Å². The van der Waals surface area contributed by atoms with E-state index in [1.54, 1.807) is 0 Å². The van der Waals surface area contributed by atoms with Crippen molar-refractivity contribution in [3.63, 3.8) is 0 Å². The summed E-state index contributed by atoms with van der Waals surface area (Å²) in [5.41, 5.74) is 6.49. The molecule has 0 aliphatic rings. The molecule has 1 aromatic heterocycles. The average Bonchev–Trinajstić information content (AvgIpc) is 2.99. The molecule has 1 heterocycles. The summed E-state index contributed by atoms with van der Waals surface area (Å²) in [5, 5.41) is 17.5. The van der Waals surface area contributed by atoms with Crippen LogP contribution < -0.4 is 0 Å². The fraction of sp³-hybridized carbons (Fsp3) is 0.395. The minimum absolute atomic E-state index is 0. The minimum Gasteiger partial charge on any atom is -0.512 e. The van der Waals surface area contributed by atoms with Gasteiger partial charge in [0.25, 0.3) is 0 Å². The molecule has 0 saturated carbocycles. The first-order chi connectivity index (χ1) is 21.4. The Balaban J connectivity index is 0.000000322. The second-order valence-electron chi connectivity index (χ2n) is 15.2. The Hall–Kier alpha value is -3.33. The monoisotopic (exact) mass is 807 g/mol. The standard InChI is InChI=1S/C30H28N.C13H24O2.Ir/c1-18-13-19(2)15-22(14-18)29-28-24(20(3)17-31-29)11-12-26-25-10-8-23(30(4,5)6)16-21(25)7-9-27(26)28;1-7-12(3,4)10(14)9-11(15)13(5,6)8-2;/h7-14,16-17H,1-6H3;9,14H,7-8H2,1-6H3;/q-1;;/b;10-9-;. The number of rotatable bonds is 6. The second-order valence-corrected chi connectivity index (χ2v) is 15.2. The van der Waals surface area contributed by atoms with E-state index in [2.05, 4.69) is 102 Å². The molecule has 0 bridgehead atoms. The molecule has 4 aromatic carbocycles. The first kappa shape index (κ1) is 38.1. The zero-order chi connectivity index (χ0) is 34.2. The maximum Gasteiger partial charge on any atom is 0.164 e. The molecule has 5 aromatic rings. The number of benzene rings is 4. The van der Waals surface area contributed by atoms with Crippen LogP contribution in [0.5, 0.6) is 0 Å². The van der Waals surface area contributed by atoms with Crippen molar-refractivity contribution >= 4 is 38.1 Å². The third kappa shape index (κ3) is 8.22. The van der Waals surface area contributed by atoms with Crippen molar-refractivity contribution in [2.24, 2.45) is 10.8 Å².